The maximum Gasteiger partial charge on any atom is 0.261 e. The number of aliphatic hydroxyl groups excluding tert-OH is 1. The van der Waals surface area contributed by atoms with Crippen LogP contribution in [0.5, 0.6) is 0 Å². The lowest BCUT2D eigenvalue weighted by atomic mass is 9.99. The van der Waals surface area contributed by atoms with Crippen LogP contribution in [0.1, 0.15) is 42.3 Å². The summed E-state index contributed by atoms with van der Waals surface area (Å²) < 4.78 is 42.4. The number of carbonyl (C=O) groups is 1. The number of alkyl halides is 1. The Morgan fingerprint density at radius 3 is 2.55 bits per heavy atom. The molecule has 1 atom stereocenters. The number of sulfonamides is 1. The molecule has 3 aromatic carbocycles. The van der Waals surface area contributed by atoms with E-state index in [1.807, 2.05) is 18.3 Å². The number of nitrogens with one attached hydrogen (secondary N) is 3. The molecule has 8 nitrogen and oxygen atoms in total. The number of anilines is 1. The lowest BCUT2D eigenvalue weighted by Gasteiger charge is -2.28. The number of hydrogen-bond donors (Lipinski definition) is 4. The first-order chi connectivity index (χ1) is 19.1. The van der Waals surface area contributed by atoms with Crippen LogP contribution in [-0.4, -0.2) is 49.3 Å². The lowest BCUT2D eigenvalue weighted by Crippen LogP contribution is -2.42. The van der Waals surface area contributed by atoms with Crippen molar-refractivity contribution < 1.29 is 22.7 Å². The Morgan fingerprint density at radius 2 is 1.80 bits per heavy atom. The summed E-state index contributed by atoms with van der Waals surface area (Å²) in [4.78, 5) is 12.3. The molecule has 0 fully saturated rings. The number of hydrogen-bond acceptors (Lipinski definition) is 5. The van der Waals surface area contributed by atoms with Crippen molar-refractivity contribution in [1.29, 1.82) is 0 Å². The van der Waals surface area contributed by atoms with Gasteiger partial charge in [-0.25, -0.2) is 12.8 Å². The molecule has 0 aliphatic carbocycles. The highest BCUT2D eigenvalue weighted by Crippen LogP contribution is 2.23. The molecule has 4 rings (SSSR count). The number of fused-ring (bicyclic) bond motifs is 1. The zero-order chi connectivity index (χ0) is 28.8. The van der Waals surface area contributed by atoms with Gasteiger partial charge in [-0.3, -0.25) is 9.52 Å². The summed E-state index contributed by atoms with van der Waals surface area (Å²) in [7, 11) is -3.73. The van der Waals surface area contributed by atoms with Gasteiger partial charge in [0.05, 0.1) is 11.0 Å². The summed E-state index contributed by atoms with van der Waals surface area (Å²) in [6.45, 7) is 4.50. The molecule has 0 aliphatic heterocycles. The normalized spacial score (nSPS) is 12.8. The molecule has 0 radical (unpaired) electrons. The van der Waals surface area contributed by atoms with Gasteiger partial charge < -0.3 is 20.3 Å². The van der Waals surface area contributed by atoms with Gasteiger partial charge in [-0.15, -0.1) is 0 Å². The van der Waals surface area contributed by atoms with Gasteiger partial charge in [-0.05, 0) is 74.4 Å². The zero-order valence-electron chi connectivity index (χ0n) is 22.6. The Morgan fingerprint density at radius 1 is 1.02 bits per heavy atom. The Labute approximate surface area is 234 Å². The second-order valence-electron chi connectivity index (χ2n) is 10.3. The smallest absolute Gasteiger partial charge is 0.261 e. The number of benzene rings is 3. The van der Waals surface area contributed by atoms with Crippen molar-refractivity contribution in [3.05, 3.63) is 96.2 Å². The van der Waals surface area contributed by atoms with Gasteiger partial charge in [0.2, 0.25) is 0 Å². The number of rotatable bonds is 13. The third-order valence-corrected chi connectivity index (χ3v) is 8.14. The largest absolute Gasteiger partial charge is 0.387 e. The predicted molar refractivity (Wildman–Crippen MR) is 156 cm³/mol. The SMILES string of the molecule is CC(C)(CCn1ccc2cc(C(=O)NCCF)ccc21)NC[C@H](O)c1cccc(NS(=O)(=O)c2ccccc2)c1. The molecule has 4 N–H and O–H groups in total. The van der Waals surface area contributed by atoms with E-state index in [1.165, 1.54) is 12.1 Å². The predicted octanol–water partition coefficient (Wildman–Crippen LogP) is 4.63. The summed E-state index contributed by atoms with van der Waals surface area (Å²) in [6, 6.07) is 22.3. The fourth-order valence-electron chi connectivity index (χ4n) is 4.40. The quantitative estimate of drug-likeness (QED) is 0.189. The summed E-state index contributed by atoms with van der Waals surface area (Å²) in [5, 5.41) is 17.7. The molecule has 0 bridgehead atoms. The molecule has 0 saturated carbocycles. The van der Waals surface area contributed by atoms with Crippen molar-refractivity contribution in [2.24, 2.45) is 0 Å². The highest BCUT2D eigenvalue weighted by Gasteiger charge is 2.21. The molecule has 0 spiro atoms. The van der Waals surface area contributed by atoms with Crippen molar-refractivity contribution in [3.8, 4) is 0 Å². The topological polar surface area (TPSA) is 112 Å². The molecule has 10 heteroatoms. The van der Waals surface area contributed by atoms with Crippen LogP contribution in [0, 0.1) is 0 Å². The Balaban J connectivity index is 1.33. The lowest BCUT2D eigenvalue weighted by molar-refractivity contribution is 0.0951. The maximum atomic E-state index is 12.7. The van der Waals surface area contributed by atoms with Crippen molar-refractivity contribution >= 4 is 32.5 Å². The molecule has 1 aromatic heterocycles. The van der Waals surface area contributed by atoms with Gasteiger partial charge >= 0.3 is 0 Å². The van der Waals surface area contributed by atoms with Crippen LogP contribution in [0.2, 0.25) is 0 Å². The van der Waals surface area contributed by atoms with E-state index in [-0.39, 0.29) is 29.4 Å². The monoisotopic (exact) mass is 566 g/mol. The number of aromatic nitrogens is 1. The number of aryl methyl sites for hydroxylation is 1. The van der Waals surface area contributed by atoms with Crippen LogP contribution in [0.3, 0.4) is 0 Å². The zero-order valence-corrected chi connectivity index (χ0v) is 23.4. The highest BCUT2D eigenvalue weighted by molar-refractivity contribution is 7.92. The Kier molecular flexibility index (Phi) is 9.24. The van der Waals surface area contributed by atoms with E-state index in [4.69, 9.17) is 0 Å². The van der Waals surface area contributed by atoms with Gasteiger partial charge in [-0.1, -0.05) is 30.3 Å². The third kappa shape index (κ3) is 7.47. The van der Waals surface area contributed by atoms with Gasteiger partial charge in [0.1, 0.15) is 6.67 Å². The number of nitrogens with zero attached hydrogens (tertiary/aromatic N) is 1. The van der Waals surface area contributed by atoms with E-state index in [2.05, 4.69) is 33.8 Å². The van der Waals surface area contributed by atoms with E-state index in [1.54, 1.807) is 54.6 Å². The molecule has 0 saturated heterocycles. The van der Waals surface area contributed by atoms with E-state index >= 15 is 0 Å². The second-order valence-corrected chi connectivity index (χ2v) is 12.0. The standard InChI is InChI=1S/C30H35FN4O4S/c1-30(2,14-18-35-17-13-22-19-24(11-12-27(22)35)29(37)32-16-15-31)33-21-28(36)23-7-6-8-25(20-23)34-40(38,39)26-9-4-3-5-10-26/h3-13,17,19-20,28,33-34,36H,14-16,18,21H2,1-2H3,(H,32,37)/t28-/m0/s1. The van der Waals surface area contributed by atoms with Crippen LogP contribution >= 0.6 is 0 Å². The first-order valence-corrected chi connectivity index (χ1v) is 14.6. The van der Waals surface area contributed by atoms with E-state index < -0.39 is 22.8 Å². The molecular formula is C30H35FN4O4S. The van der Waals surface area contributed by atoms with Crippen LogP contribution in [0.4, 0.5) is 10.1 Å². The van der Waals surface area contributed by atoms with Gasteiger partial charge in [0.15, 0.2) is 0 Å². The van der Waals surface area contributed by atoms with E-state index in [9.17, 15) is 22.7 Å². The molecule has 0 unspecified atom stereocenters. The third-order valence-electron chi connectivity index (χ3n) is 6.74. The highest BCUT2D eigenvalue weighted by atomic mass is 32.2. The summed E-state index contributed by atoms with van der Waals surface area (Å²) in [6.07, 6.45) is 1.90. The molecule has 0 aliphatic rings. The fourth-order valence-corrected chi connectivity index (χ4v) is 5.47. The summed E-state index contributed by atoms with van der Waals surface area (Å²) in [5.74, 6) is -0.296. The van der Waals surface area contributed by atoms with Crippen molar-refractivity contribution in [3.63, 3.8) is 0 Å². The van der Waals surface area contributed by atoms with Crippen LogP contribution in [0.25, 0.3) is 10.9 Å². The van der Waals surface area contributed by atoms with Gasteiger partial charge in [0.25, 0.3) is 15.9 Å². The van der Waals surface area contributed by atoms with Crippen LogP contribution in [0.15, 0.2) is 90.0 Å². The number of amides is 1. The van der Waals surface area contributed by atoms with Gasteiger partial charge in [0, 0.05) is 53.5 Å². The van der Waals surface area contributed by atoms with Crippen LogP contribution in [-0.2, 0) is 16.6 Å². The Hall–Kier alpha value is -3.73. The first kappa shape index (κ1) is 29.3. The maximum absolute atomic E-state index is 12.7. The average molecular weight is 567 g/mol. The minimum atomic E-state index is -3.73. The minimum absolute atomic E-state index is 0.00679. The second kappa shape index (κ2) is 12.6. The molecule has 1 heterocycles. The molecule has 212 valence electrons. The number of halogens is 1. The fraction of sp³-hybridized carbons (Fsp3) is 0.300. The number of aliphatic hydroxyl groups is 1. The Bertz CT molecular complexity index is 1550. The summed E-state index contributed by atoms with van der Waals surface area (Å²) >= 11 is 0. The van der Waals surface area contributed by atoms with Gasteiger partial charge in [-0.2, -0.15) is 0 Å². The van der Waals surface area contributed by atoms with Crippen molar-refractivity contribution in [2.75, 3.05) is 24.5 Å². The molecule has 1 amide bonds. The van der Waals surface area contributed by atoms with Crippen molar-refractivity contribution in [2.45, 2.75) is 43.4 Å². The number of β-amino-alcohol motifs (C(OH)–C–C–N with tert-alkyl or cyclic N) is 1. The summed E-state index contributed by atoms with van der Waals surface area (Å²) in [5.41, 5.74) is 2.15. The van der Waals surface area contributed by atoms with E-state index in [0.717, 1.165) is 17.3 Å². The van der Waals surface area contributed by atoms with E-state index in [0.29, 0.717) is 23.4 Å². The number of carbonyl (C=O) groups excluding carboxylic acids is 1. The van der Waals surface area contributed by atoms with Crippen molar-refractivity contribution in [1.82, 2.24) is 15.2 Å². The van der Waals surface area contributed by atoms with Crippen LogP contribution < -0.4 is 15.4 Å². The molecule has 4 aromatic rings. The molecule has 40 heavy (non-hydrogen) atoms. The minimum Gasteiger partial charge on any atom is -0.387 e. The molecular weight excluding hydrogens is 531 g/mol. The first-order valence-electron chi connectivity index (χ1n) is 13.1. The average Bonchev–Trinajstić information content (AvgIpc) is 3.36.